The number of aliphatic hydroxyl groups is 5. The highest BCUT2D eigenvalue weighted by atomic mass is 31.2. The van der Waals surface area contributed by atoms with E-state index in [0.717, 1.165) is 16.7 Å². The second-order valence-electron chi connectivity index (χ2n) is 20.4. The number of carbonyl (C=O) groups excluding carboxylic acids is 1. The van der Waals surface area contributed by atoms with Crippen molar-refractivity contribution in [3.05, 3.63) is 71.0 Å². The van der Waals surface area contributed by atoms with Crippen LogP contribution in [0.4, 0.5) is 0 Å². The molecule has 71 heavy (non-hydrogen) atoms. The quantitative estimate of drug-likeness (QED) is 0.0341. The number of ether oxygens (including phenoxy) is 4. The summed E-state index contributed by atoms with van der Waals surface area (Å²) >= 11 is 0. The molecule has 1 unspecified atom stereocenters. The van der Waals surface area contributed by atoms with Crippen LogP contribution in [0.1, 0.15) is 112 Å². The molecule has 0 aliphatic carbocycles. The van der Waals surface area contributed by atoms with Gasteiger partial charge in [0.05, 0.1) is 49.2 Å². The van der Waals surface area contributed by atoms with Crippen molar-refractivity contribution in [3.63, 3.8) is 0 Å². The van der Waals surface area contributed by atoms with Crippen LogP contribution < -0.4 is 5.32 Å². The fraction of sp³-hybridized carbons (Fsp3) is 0.706. The Bertz CT molecular complexity index is 2110. The number of likely N-dealkylation sites (N-methyl/N-ethyl adjacent to an activating group) is 1. The molecule has 3 rings (SSSR count). The first-order valence-corrected chi connectivity index (χ1v) is 25.8. The van der Waals surface area contributed by atoms with E-state index < -0.39 is 104 Å². The van der Waals surface area contributed by atoms with E-state index in [4.69, 9.17) is 33.2 Å². The second kappa shape index (κ2) is 27.2. The van der Waals surface area contributed by atoms with Gasteiger partial charge in [0.15, 0.2) is 17.8 Å². The topological polar surface area (TPSA) is 287 Å². The van der Waals surface area contributed by atoms with E-state index in [-0.39, 0.29) is 37.7 Å². The first kappa shape index (κ1) is 61.9. The highest BCUT2D eigenvalue weighted by Gasteiger charge is 2.68. The van der Waals surface area contributed by atoms with Gasteiger partial charge >= 0.3 is 7.82 Å². The normalized spacial score (nSPS) is 27.8. The van der Waals surface area contributed by atoms with Gasteiger partial charge < -0.3 is 68.9 Å². The van der Waals surface area contributed by atoms with Gasteiger partial charge in [-0.15, -0.1) is 0 Å². The number of carbonyl (C=O) groups is 1. The van der Waals surface area contributed by atoms with Crippen molar-refractivity contribution < 1.29 is 72.6 Å². The minimum atomic E-state index is -5.16. The summed E-state index contributed by atoms with van der Waals surface area (Å²) in [5, 5.41) is 67.4. The molecule has 402 valence electrons. The van der Waals surface area contributed by atoms with Crippen LogP contribution in [0, 0.1) is 34.5 Å². The van der Waals surface area contributed by atoms with Crippen LogP contribution >= 0.6 is 7.82 Å². The number of hydrogen-bond donors (Lipinski definition) is 8. The van der Waals surface area contributed by atoms with Crippen LogP contribution in [-0.2, 0) is 32.8 Å². The summed E-state index contributed by atoms with van der Waals surface area (Å²) in [6, 6.07) is 0.980. The third kappa shape index (κ3) is 16.8. The summed E-state index contributed by atoms with van der Waals surface area (Å²) in [5.41, 5.74) is 1.87. The van der Waals surface area contributed by atoms with Gasteiger partial charge in [0.25, 0.3) is 5.91 Å². The summed E-state index contributed by atoms with van der Waals surface area (Å²) in [6.07, 6.45) is 4.05. The second-order valence-corrected chi connectivity index (χ2v) is 21.6. The Morgan fingerprint density at radius 1 is 1.06 bits per heavy atom. The van der Waals surface area contributed by atoms with Crippen molar-refractivity contribution in [1.82, 2.24) is 15.2 Å². The summed E-state index contributed by atoms with van der Waals surface area (Å²) in [7, 11) is 1.13. The number of nitriles is 1. The highest BCUT2D eigenvalue weighted by molar-refractivity contribution is 7.46. The first-order valence-electron chi connectivity index (χ1n) is 24.2. The molecule has 20 heteroatoms. The van der Waals surface area contributed by atoms with Crippen LogP contribution in [0.5, 0.6) is 0 Å². The van der Waals surface area contributed by atoms with Gasteiger partial charge in [0, 0.05) is 68.3 Å². The van der Waals surface area contributed by atoms with Crippen molar-refractivity contribution in [2.45, 2.75) is 174 Å². The molecule has 0 aromatic carbocycles. The number of hydrogen-bond acceptors (Lipinski definition) is 16. The summed E-state index contributed by atoms with van der Waals surface area (Å²) in [4.78, 5) is 39.5. The molecule has 16 atom stereocenters. The van der Waals surface area contributed by atoms with Crippen LogP contribution in [0.15, 0.2) is 63.9 Å². The van der Waals surface area contributed by atoms with Gasteiger partial charge in [-0.05, 0) is 71.9 Å². The molecule has 1 aromatic heterocycles. The lowest BCUT2D eigenvalue weighted by molar-refractivity contribution is -0.334. The summed E-state index contributed by atoms with van der Waals surface area (Å²) < 4.78 is 48.3. The van der Waals surface area contributed by atoms with Crippen molar-refractivity contribution in [1.29, 1.82) is 5.26 Å². The molecule has 8 N–H and O–H groups in total. The number of methoxy groups -OCH3 is 2. The Labute approximate surface area is 420 Å². The van der Waals surface area contributed by atoms with Crippen LogP contribution in [0.3, 0.4) is 0 Å². The Balaban J connectivity index is 1.76. The van der Waals surface area contributed by atoms with Crippen molar-refractivity contribution in [3.8, 4) is 6.07 Å². The number of allylic oxidation sites excluding steroid dienone is 7. The zero-order valence-corrected chi connectivity index (χ0v) is 44.9. The number of oxazole rings is 1. The van der Waals surface area contributed by atoms with Crippen molar-refractivity contribution >= 4 is 19.8 Å². The van der Waals surface area contributed by atoms with E-state index in [2.05, 4.69) is 10.3 Å². The minimum absolute atomic E-state index is 0.0661. The lowest BCUT2D eigenvalue weighted by Gasteiger charge is -2.50. The molecule has 0 radical (unpaired) electrons. The minimum Gasteiger partial charge on any atom is -0.448 e. The standard InChI is InChI=1S/C51H83N4O15P/c1-29(21-22-52)17-15-18-30(2)31(3)23-32(4)43(58)36(8)39(56)25-42(66-14)46-47(70-71(62,63)64)50(9,10)51(69-46)26-40(57)35(7)41(68-51)20-16-19-37-27-67-49(54-37)33(5)24-34(6)53-48(61)45(60)44(59)38(28-65-13)55(11)12/h15-19,21,23,27,32-36,38-47,56-60H,20,24-26,28H2,1-14H3,(H,53,61)(H2,62,63,64)/b17-15+,19-16+,29-21-,30-18-,31-23+/t32-,33+,34-,35+,36+,38+,39+,40-,41+,42+,43-,44+,45+,46-,47+,51?/m0/s1. The third-order valence-corrected chi connectivity index (χ3v) is 14.7. The SMILES string of the molecule is COC[C@H]([C@@H](O)[C@@H](O)C(=O)N[C@@H](C)C[C@@H](C)c1nc(/C=C/C[C@H]2OC3(C[C@H](O)[C@H]2C)O[C@@H]([C@@H](C[C@@H](O)[C@@H](C)[C@@H](O)[C@@H](C)/C=C(C)/C(C)=C\C=C\C(C)=C/C#N)OC)[C@@H](OP(=O)(O)O)C3(C)C)co1)N(C)C. The number of phosphoric ester groups is 1. The maximum absolute atomic E-state index is 12.8. The molecular weight excluding hydrogens is 940 g/mol. The van der Waals surface area contributed by atoms with Crippen molar-refractivity contribution in [2.75, 3.05) is 34.9 Å². The third-order valence-electron chi connectivity index (χ3n) is 14.2. The van der Waals surface area contributed by atoms with E-state index >= 15 is 0 Å². The molecule has 2 fully saturated rings. The molecule has 2 aliphatic heterocycles. The van der Waals surface area contributed by atoms with Crippen molar-refractivity contribution in [2.24, 2.45) is 23.2 Å². The molecule has 0 saturated carbocycles. The maximum atomic E-state index is 12.8. The average Bonchev–Trinajstić information content (AvgIpc) is 3.84. The van der Waals surface area contributed by atoms with E-state index in [9.17, 15) is 44.7 Å². The lowest BCUT2D eigenvalue weighted by Crippen LogP contribution is -2.58. The monoisotopic (exact) mass is 1020 g/mol. The van der Waals surface area contributed by atoms with Crippen LogP contribution in [0.2, 0.25) is 0 Å². The van der Waals surface area contributed by atoms with E-state index in [1.807, 2.05) is 78.0 Å². The number of phosphoric acid groups is 1. The lowest BCUT2D eigenvalue weighted by atomic mass is 9.72. The number of nitrogens with one attached hydrogen (secondary N) is 1. The molecule has 0 bridgehead atoms. The highest BCUT2D eigenvalue weighted by Crippen LogP contribution is 2.59. The molecule has 1 amide bonds. The maximum Gasteiger partial charge on any atom is 0.469 e. The predicted octanol–water partition coefficient (Wildman–Crippen LogP) is 5.08. The van der Waals surface area contributed by atoms with Gasteiger partial charge in [-0.1, -0.05) is 77.5 Å². The van der Waals surface area contributed by atoms with E-state index in [0.29, 0.717) is 18.0 Å². The molecule has 2 aliphatic rings. The Hall–Kier alpha value is -3.42. The fourth-order valence-electron chi connectivity index (χ4n) is 9.34. The molecular formula is C51H83N4O15P. The summed E-state index contributed by atoms with van der Waals surface area (Å²) in [5.74, 6) is -3.67. The molecule has 19 nitrogen and oxygen atoms in total. The van der Waals surface area contributed by atoms with E-state index in [1.165, 1.54) is 26.6 Å². The molecule has 2 saturated heterocycles. The summed E-state index contributed by atoms with van der Waals surface area (Å²) in [6.45, 7) is 18.2. The first-order chi connectivity index (χ1) is 33.0. The number of aliphatic hydroxyl groups excluding tert-OH is 5. The van der Waals surface area contributed by atoms with Gasteiger partial charge in [0.1, 0.15) is 30.3 Å². The number of aromatic nitrogens is 1. The smallest absolute Gasteiger partial charge is 0.448 e. The molecule has 1 aromatic rings. The van der Waals surface area contributed by atoms with Gasteiger partial charge in [-0.25, -0.2) is 9.55 Å². The van der Waals surface area contributed by atoms with E-state index in [1.54, 1.807) is 52.8 Å². The Kier molecular flexibility index (Phi) is 23.7. The predicted molar refractivity (Wildman–Crippen MR) is 267 cm³/mol. The van der Waals surface area contributed by atoms with Crippen LogP contribution in [0.25, 0.3) is 6.08 Å². The number of nitrogens with zero attached hydrogens (tertiary/aromatic N) is 3. The van der Waals surface area contributed by atoms with Gasteiger partial charge in [0.2, 0.25) is 0 Å². The zero-order chi connectivity index (χ0) is 53.8. The number of rotatable bonds is 26. The Morgan fingerprint density at radius 3 is 2.31 bits per heavy atom. The molecule has 1 spiro atoms. The zero-order valence-electron chi connectivity index (χ0n) is 44.0. The average molecular weight is 1020 g/mol. The largest absolute Gasteiger partial charge is 0.469 e. The van der Waals surface area contributed by atoms with Gasteiger partial charge in [-0.2, -0.15) is 5.26 Å². The van der Waals surface area contributed by atoms with Crippen LogP contribution in [-0.4, -0.2) is 159 Å². The fourth-order valence-corrected chi connectivity index (χ4v) is 10.0. The number of amides is 1. The van der Waals surface area contributed by atoms with Gasteiger partial charge in [-0.3, -0.25) is 9.32 Å². The Morgan fingerprint density at radius 2 is 1.72 bits per heavy atom. The molecule has 3 heterocycles.